The molecule has 0 aliphatic heterocycles. The van der Waals surface area contributed by atoms with Crippen LogP contribution in [-0.2, 0) is 13.1 Å². The van der Waals surface area contributed by atoms with Crippen LogP contribution in [0.5, 0.6) is 0 Å². The van der Waals surface area contributed by atoms with Crippen LogP contribution >= 0.6 is 0 Å². The molecule has 0 saturated carbocycles. The number of nitrogens with zero attached hydrogens (tertiary/aromatic N) is 4. The zero-order valence-corrected chi connectivity index (χ0v) is 14.8. The van der Waals surface area contributed by atoms with Gasteiger partial charge < -0.3 is 5.32 Å². The molecule has 0 atom stereocenters. The Morgan fingerprint density at radius 3 is 2.50 bits per heavy atom. The molecule has 0 bridgehead atoms. The van der Waals surface area contributed by atoms with Gasteiger partial charge in [0.1, 0.15) is 5.69 Å². The van der Waals surface area contributed by atoms with Gasteiger partial charge in [-0.25, -0.2) is 4.68 Å². The van der Waals surface area contributed by atoms with Crippen molar-refractivity contribution in [2.75, 3.05) is 6.54 Å². The van der Waals surface area contributed by atoms with Crippen LogP contribution in [-0.4, -0.2) is 32.0 Å². The van der Waals surface area contributed by atoms with Crippen molar-refractivity contribution in [2.45, 2.75) is 26.9 Å². The average Bonchev–Trinajstić information content (AvgIpc) is 2.95. The Morgan fingerprint density at radius 2 is 1.81 bits per heavy atom. The minimum absolute atomic E-state index is 0.217. The smallest absolute Gasteiger partial charge is 0.271 e. The fourth-order valence-corrected chi connectivity index (χ4v) is 2.71. The van der Waals surface area contributed by atoms with Crippen molar-refractivity contribution in [3.05, 3.63) is 81.5 Å². The zero-order valence-electron chi connectivity index (χ0n) is 14.8. The molecule has 7 nitrogen and oxygen atoms in total. The van der Waals surface area contributed by atoms with Crippen LogP contribution in [0.3, 0.4) is 0 Å². The first-order valence-electron chi connectivity index (χ1n) is 8.44. The molecule has 0 aliphatic rings. The van der Waals surface area contributed by atoms with E-state index in [2.05, 4.69) is 15.5 Å². The third-order valence-corrected chi connectivity index (χ3v) is 3.99. The SMILES string of the molecule is Cc1cc(C)n(CCNC(=O)c2ccc(=O)n(Cc3ccccc3)n2)n1. The van der Waals surface area contributed by atoms with E-state index in [1.807, 2.05) is 54.9 Å². The van der Waals surface area contributed by atoms with Crippen LogP contribution in [0.1, 0.15) is 27.4 Å². The third-order valence-electron chi connectivity index (χ3n) is 3.99. The van der Waals surface area contributed by atoms with E-state index in [0.29, 0.717) is 19.6 Å². The molecule has 3 rings (SSSR count). The van der Waals surface area contributed by atoms with Gasteiger partial charge in [0.05, 0.1) is 18.8 Å². The highest BCUT2D eigenvalue weighted by Gasteiger charge is 2.10. The zero-order chi connectivity index (χ0) is 18.5. The minimum Gasteiger partial charge on any atom is -0.349 e. The lowest BCUT2D eigenvalue weighted by molar-refractivity contribution is 0.0944. The number of carbonyl (C=O) groups is 1. The van der Waals surface area contributed by atoms with Crippen molar-refractivity contribution in [3.63, 3.8) is 0 Å². The molecule has 1 amide bonds. The van der Waals surface area contributed by atoms with E-state index in [-0.39, 0.29) is 17.2 Å². The molecule has 1 N–H and O–H groups in total. The Hall–Kier alpha value is -3.22. The lowest BCUT2D eigenvalue weighted by Gasteiger charge is -2.09. The van der Waals surface area contributed by atoms with Crippen LogP contribution in [0.4, 0.5) is 0 Å². The molecule has 26 heavy (non-hydrogen) atoms. The Balaban J connectivity index is 1.65. The summed E-state index contributed by atoms with van der Waals surface area (Å²) < 4.78 is 3.14. The molecule has 2 heterocycles. The van der Waals surface area contributed by atoms with Gasteiger partial charge in [-0.2, -0.15) is 10.2 Å². The fraction of sp³-hybridized carbons (Fsp3) is 0.263. The number of carbonyl (C=O) groups excluding carboxylic acids is 1. The summed E-state index contributed by atoms with van der Waals surface area (Å²) in [6.45, 7) is 5.24. The Bertz CT molecular complexity index is 960. The molecule has 0 radical (unpaired) electrons. The van der Waals surface area contributed by atoms with Crippen LogP contribution in [0, 0.1) is 13.8 Å². The molecule has 0 aliphatic carbocycles. The van der Waals surface area contributed by atoms with Crippen LogP contribution in [0.2, 0.25) is 0 Å². The lowest BCUT2D eigenvalue weighted by Crippen LogP contribution is -2.31. The van der Waals surface area contributed by atoms with Gasteiger partial charge in [-0.1, -0.05) is 30.3 Å². The molecule has 0 fully saturated rings. The number of rotatable bonds is 6. The second-order valence-electron chi connectivity index (χ2n) is 6.11. The highest BCUT2D eigenvalue weighted by Crippen LogP contribution is 2.02. The normalized spacial score (nSPS) is 10.7. The standard InChI is InChI=1S/C19H21N5O2/c1-14-12-15(2)23(21-14)11-10-20-19(26)17-8-9-18(25)24(22-17)13-16-6-4-3-5-7-16/h3-9,12H,10-11,13H2,1-2H3,(H,20,26). The van der Waals surface area contributed by atoms with Crippen molar-refractivity contribution in [1.29, 1.82) is 0 Å². The van der Waals surface area contributed by atoms with Crippen LogP contribution < -0.4 is 10.9 Å². The first-order chi connectivity index (χ1) is 12.5. The first kappa shape index (κ1) is 17.6. The molecule has 134 valence electrons. The van der Waals surface area contributed by atoms with Crippen molar-refractivity contribution >= 4 is 5.91 Å². The summed E-state index contributed by atoms with van der Waals surface area (Å²) >= 11 is 0. The fourth-order valence-electron chi connectivity index (χ4n) is 2.71. The summed E-state index contributed by atoms with van der Waals surface area (Å²) in [5.41, 5.74) is 2.92. The molecule has 0 spiro atoms. The largest absolute Gasteiger partial charge is 0.349 e. The molecule has 1 aromatic carbocycles. The van der Waals surface area contributed by atoms with Gasteiger partial charge in [0.25, 0.3) is 11.5 Å². The molecule has 0 unspecified atom stereocenters. The number of hydrogen-bond acceptors (Lipinski definition) is 4. The number of amides is 1. The number of nitrogens with one attached hydrogen (secondary N) is 1. The molecule has 2 aromatic heterocycles. The molecule has 3 aromatic rings. The third kappa shape index (κ3) is 4.24. The van der Waals surface area contributed by atoms with Crippen molar-refractivity contribution in [3.8, 4) is 0 Å². The van der Waals surface area contributed by atoms with Gasteiger partial charge in [0.15, 0.2) is 0 Å². The van der Waals surface area contributed by atoms with Gasteiger partial charge in [0, 0.05) is 18.3 Å². The van der Waals surface area contributed by atoms with E-state index in [0.717, 1.165) is 17.0 Å². The van der Waals surface area contributed by atoms with Gasteiger partial charge in [-0.15, -0.1) is 0 Å². The second-order valence-corrected chi connectivity index (χ2v) is 6.11. The number of aromatic nitrogens is 4. The quantitative estimate of drug-likeness (QED) is 0.730. The van der Waals surface area contributed by atoms with Gasteiger partial charge >= 0.3 is 0 Å². The maximum atomic E-state index is 12.3. The topological polar surface area (TPSA) is 81.8 Å². The predicted octanol–water partition coefficient (Wildman–Crippen LogP) is 1.53. The average molecular weight is 351 g/mol. The predicted molar refractivity (Wildman–Crippen MR) is 98.1 cm³/mol. The Kier molecular flexibility index (Phi) is 5.26. The maximum Gasteiger partial charge on any atom is 0.271 e. The van der Waals surface area contributed by atoms with Gasteiger partial charge in [-0.3, -0.25) is 14.3 Å². The van der Waals surface area contributed by atoms with E-state index in [1.54, 1.807) is 0 Å². The van der Waals surface area contributed by atoms with E-state index in [4.69, 9.17) is 0 Å². The highest BCUT2D eigenvalue weighted by atomic mass is 16.2. The van der Waals surface area contributed by atoms with E-state index in [1.165, 1.54) is 16.8 Å². The molecule has 0 saturated heterocycles. The monoisotopic (exact) mass is 351 g/mol. The molecule has 7 heteroatoms. The summed E-state index contributed by atoms with van der Waals surface area (Å²) in [5, 5.41) is 11.4. The number of hydrogen-bond donors (Lipinski definition) is 1. The van der Waals surface area contributed by atoms with Gasteiger partial charge in [0.2, 0.25) is 0 Å². The number of benzene rings is 1. The summed E-state index contributed by atoms with van der Waals surface area (Å²) in [6.07, 6.45) is 0. The molecular weight excluding hydrogens is 330 g/mol. The Labute approximate surface area is 151 Å². The van der Waals surface area contributed by atoms with Gasteiger partial charge in [-0.05, 0) is 31.5 Å². The van der Waals surface area contributed by atoms with Crippen molar-refractivity contribution in [2.24, 2.45) is 0 Å². The highest BCUT2D eigenvalue weighted by molar-refractivity contribution is 5.91. The summed E-state index contributed by atoms with van der Waals surface area (Å²) in [7, 11) is 0. The summed E-state index contributed by atoms with van der Waals surface area (Å²) in [5.74, 6) is -0.312. The van der Waals surface area contributed by atoms with E-state index in [9.17, 15) is 9.59 Å². The van der Waals surface area contributed by atoms with Crippen molar-refractivity contribution in [1.82, 2.24) is 24.9 Å². The summed E-state index contributed by atoms with van der Waals surface area (Å²) in [6, 6.07) is 14.3. The first-order valence-corrected chi connectivity index (χ1v) is 8.44. The van der Waals surface area contributed by atoms with Crippen LogP contribution in [0.15, 0.2) is 53.3 Å². The summed E-state index contributed by atoms with van der Waals surface area (Å²) in [4.78, 5) is 24.3. The Morgan fingerprint density at radius 1 is 1.04 bits per heavy atom. The molecular formula is C19H21N5O2. The lowest BCUT2D eigenvalue weighted by atomic mass is 10.2. The van der Waals surface area contributed by atoms with E-state index >= 15 is 0 Å². The second kappa shape index (κ2) is 7.77. The minimum atomic E-state index is -0.312. The van der Waals surface area contributed by atoms with Crippen LogP contribution in [0.25, 0.3) is 0 Å². The van der Waals surface area contributed by atoms with E-state index < -0.39 is 0 Å². The number of aryl methyl sites for hydroxylation is 2. The van der Waals surface area contributed by atoms with Crippen molar-refractivity contribution < 1.29 is 4.79 Å². The maximum absolute atomic E-state index is 12.3.